The molecule has 0 radical (unpaired) electrons. The number of rotatable bonds is 3. The molecule has 1 fully saturated rings. The van der Waals surface area contributed by atoms with E-state index in [1.54, 1.807) is 6.92 Å². The summed E-state index contributed by atoms with van der Waals surface area (Å²) in [6, 6.07) is 0. The number of allylic oxidation sites excluding steroid dienone is 2. The van der Waals surface area contributed by atoms with Crippen molar-refractivity contribution in [3.8, 4) is 0 Å². The summed E-state index contributed by atoms with van der Waals surface area (Å²) in [5.41, 5.74) is 0. The fourth-order valence-electron chi connectivity index (χ4n) is 3.25. The number of carbonyl (C=O) groups excluding carboxylic acids is 1. The highest BCUT2D eigenvalue weighted by Crippen LogP contribution is 2.49. The van der Waals surface area contributed by atoms with Gasteiger partial charge in [0, 0.05) is 5.92 Å². The minimum atomic E-state index is 0.356. The van der Waals surface area contributed by atoms with E-state index in [-0.39, 0.29) is 0 Å². The second kappa shape index (κ2) is 3.28. The van der Waals surface area contributed by atoms with Gasteiger partial charge in [-0.15, -0.1) is 0 Å². The molecule has 0 N–H and O–H groups in total. The van der Waals surface area contributed by atoms with E-state index >= 15 is 0 Å². The Morgan fingerprint density at radius 1 is 1.38 bits per heavy atom. The molecule has 0 saturated heterocycles. The Morgan fingerprint density at radius 2 is 2.08 bits per heavy atom. The minimum Gasteiger partial charge on any atom is -0.300 e. The second-order valence-electron chi connectivity index (χ2n) is 4.54. The highest BCUT2D eigenvalue weighted by molar-refractivity contribution is 5.80. The Labute approximate surface area is 80.2 Å². The lowest BCUT2D eigenvalue weighted by molar-refractivity contribution is -0.122. The van der Waals surface area contributed by atoms with Crippen LogP contribution in [0.15, 0.2) is 12.2 Å². The van der Waals surface area contributed by atoms with Crippen molar-refractivity contribution in [2.45, 2.75) is 33.1 Å². The van der Waals surface area contributed by atoms with E-state index in [0.29, 0.717) is 23.5 Å². The van der Waals surface area contributed by atoms with Crippen LogP contribution in [0.2, 0.25) is 0 Å². The third-order valence-corrected chi connectivity index (χ3v) is 3.71. The van der Waals surface area contributed by atoms with Gasteiger partial charge in [-0.25, -0.2) is 0 Å². The highest BCUT2D eigenvalue weighted by atomic mass is 16.1. The fraction of sp³-hybridized carbons (Fsp3) is 0.750. The number of hydrogen-bond acceptors (Lipinski definition) is 1. The molecule has 2 bridgehead atoms. The normalized spacial score (nSPS) is 41.4. The van der Waals surface area contributed by atoms with Gasteiger partial charge < -0.3 is 0 Å². The summed E-state index contributed by atoms with van der Waals surface area (Å²) in [6.45, 7) is 3.98. The lowest BCUT2D eigenvalue weighted by Gasteiger charge is -2.25. The molecular weight excluding hydrogens is 160 g/mol. The molecule has 2 rings (SSSR count). The van der Waals surface area contributed by atoms with E-state index in [0.717, 1.165) is 5.92 Å². The molecule has 0 amide bonds. The molecule has 0 heterocycles. The van der Waals surface area contributed by atoms with Crippen molar-refractivity contribution in [2.24, 2.45) is 23.7 Å². The summed E-state index contributed by atoms with van der Waals surface area (Å²) in [5, 5.41) is 0. The molecule has 0 aromatic carbocycles. The van der Waals surface area contributed by atoms with Crippen LogP contribution < -0.4 is 0 Å². The summed E-state index contributed by atoms with van der Waals surface area (Å²) in [5.74, 6) is 2.74. The molecule has 4 unspecified atom stereocenters. The molecule has 1 nitrogen and oxygen atoms in total. The Balaban J connectivity index is 2.15. The molecule has 2 aliphatic carbocycles. The Bertz CT molecular complexity index is 242. The SMILES string of the molecule is CCCC1C2C=CC(C2)C1C(C)=O. The van der Waals surface area contributed by atoms with Gasteiger partial charge in [0.2, 0.25) is 0 Å². The number of hydrogen-bond donors (Lipinski definition) is 0. The molecule has 4 atom stereocenters. The van der Waals surface area contributed by atoms with E-state index in [2.05, 4.69) is 19.1 Å². The largest absolute Gasteiger partial charge is 0.300 e. The van der Waals surface area contributed by atoms with Crippen molar-refractivity contribution < 1.29 is 4.79 Å². The summed E-state index contributed by atoms with van der Waals surface area (Å²) in [6.07, 6.45) is 8.30. The molecule has 72 valence electrons. The van der Waals surface area contributed by atoms with Crippen LogP contribution in [0.1, 0.15) is 33.1 Å². The van der Waals surface area contributed by atoms with Crippen LogP contribution in [0.25, 0.3) is 0 Å². The summed E-state index contributed by atoms with van der Waals surface area (Å²) >= 11 is 0. The smallest absolute Gasteiger partial charge is 0.133 e. The average Bonchev–Trinajstić information content (AvgIpc) is 2.63. The van der Waals surface area contributed by atoms with Crippen LogP contribution in [-0.4, -0.2) is 5.78 Å². The van der Waals surface area contributed by atoms with Gasteiger partial charge in [0.05, 0.1) is 0 Å². The first kappa shape index (κ1) is 8.98. The van der Waals surface area contributed by atoms with Crippen molar-refractivity contribution >= 4 is 5.78 Å². The number of fused-ring (bicyclic) bond motifs is 2. The van der Waals surface area contributed by atoms with Crippen LogP contribution in [0, 0.1) is 23.7 Å². The summed E-state index contributed by atoms with van der Waals surface area (Å²) in [7, 11) is 0. The molecular formula is C12H18O. The molecule has 1 heteroatoms. The van der Waals surface area contributed by atoms with E-state index in [1.807, 2.05) is 0 Å². The van der Waals surface area contributed by atoms with Crippen molar-refractivity contribution in [1.82, 2.24) is 0 Å². The van der Waals surface area contributed by atoms with Gasteiger partial charge >= 0.3 is 0 Å². The lowest BCUT2D eigenvalue weighted by atomic mass is 9.78. The maximum Gasteiger partial charge on any atom is 0.133 e. The molecule has 0 aromatic rings. The topological polar surface area (TPSA) is 17.1 Å². The summed E-state index contributed by atoms with van der Waals surface area (Å²) < 4.78 is 0. The van der Waals surface area contributed by atoms with Gasteiger partial charge in [0.15, 0.2) is 0 Å². The zero-order valence-corrected chi connectivity index (χ0v) is 8.49. The van der Waals surface area contributed by atoms with Crippen molar-refractivity contribution in [3.05, 3.63) is 12.2 Å². The molecule has 1 saturated carbocycles. The van der Waals surface area contributed by atoms with E-state index in [1.165, 1.54) is 19.3 Å². The van der Waals surface area contributed by atoms with E-state index in [9.17, 15) is 4.79 Å². The monoisotopic (exact) mass is 178 g/mol. The van der Waals surface area contributed by atoms with Crippen LogP contribution in [0.5, 0.6) is 0 Å². The van der Waals surface area contributed by atoms with E-state index < -0.39 is 0 Å². The molecule has 0 aliphatic heterocycles. The lowest BCUT2D eigenvalue weighted by Crippen LogP contribution is -2.25. The first-order valence-corrected chi connectivity index (χ1v) is 5.42. The zero-order chi connectivity index (χ0) is 9.42. The van der Waals surface area contributed by atoms with Crippen LogP contribution in [0.4, 0.5) is 0 Å². The first-order chi connectivity index (χ1) is 6.24. The third-order valence-electron chi connectivity index (χ3n) is 3.71. The number of ketones is 1. The summed E-state index contributed by atoms with van der Waals surface area (Å²) in [4.78, 5) is 11.5. The van der Waals surface area contributed by atoms with Crippen molar-refractivity contribution in [1.29, 1.82) is 0 Å². The maximum atomic E-state index is 11.5. The molecule has 2 aliphatic rings. The first-order valence-electron chi connectivity index (χ1n) is 5.42. The van der Waals surface area contributed by atoms with Gasteiger partial charge in [0.1, 0.15) is 5.78 Å². The van der Waals surface area contributed by atoms with Crippen LogP contribution in [0.3, 0.4) is 0 Å². The zero-order valence-electron chi connectivity index (χ0n) is 8.49. The third kappa shape index (κ3) is 1.34. The fourth-order valence-corrected chi connectivity index (χ4v) is 3.25. The van der Waals surface area contributed by atoms with Crippen molar-refractivity contribution in [2.75, 3.05) is 0 Å². The number of carbonyl (C=O) groups is 1. The standard InChI is InChI=1S/C12H18O/c1-3-4-11-9-5-6-10(7-9)12(11)8(2)13/h5-6,9-12H,3-4,7H2,1-2H3. The predicted octanol–water partition coefficient (Wildman–Crippen LogP) is 2.81. The second-order valence-corrected chi connectivity index (χ2v) is 4.54. The maximum absolute atomic E-state index is 11.5. The minimum absolute atomic E-state index is 0.356. The average molecular weight is 178 g/mol. The Kier molecular flexibility index (Phi) is 2.27. The molecule has 0 aromatic heterocycles. The number of Topliss-reactive ketones (excluding diaryl/α,β-unsaturated/α-hetero) is 1. The van der Waals surface area contributed by atoms with Gasteiger partial charge in [-0.1, -0.05) is 25.5 Å². The van der Waals surface area contributed by atoms with Gasteiger partial charge in [0.25, 0.3) is 0 Å². The molecule has 0 spiro atoms. The Morgan fingerprint density at radius 3 is 2.69 bits per heavy atom. The Hall–Kier alpha value is -0.590. The van der Waals surface area contributed by atoms with Gasteiger partial charge in [-0.05, 0) is 37.5 Å². The quantitative estimate of drug-likeness (QED) is 0.607. The van der Waals surface area contributed by atoms with Crippen LogP contribution in [-0.2, 0) is 4.79 Å². The molecule has 13 heavy (non-hydrogen) atoms. The predicted molar refractivity (Wildman–Crippen MR) is 53.3 cm³/mol. The highest BCUT2D eigenvalue weighted by Gasteiger charge is 2.45. The van der Waals surface area contributed by atoms with Gasteiger partial charge in [-0.2, -0.15) is 0 Å². The van der Waals surface area contributed by atoms with Gasteiger partial charge in [-0.3, -0.25) is 4.79 Å². The van der Waals surface area contributed by atoms with Crippen LogP contribution >= 0.6 is 0 Å². The van der Waals surface area contributed by atoms with Crippen molar-refractivity contribution in [3.63, 3.8) is 0 Å². The van der Waals surface area contributed by atoms with E-state index in [4.69, 9.17) is 0 Å².